The minimum atomic E-state index is -6.10. The van der Waals surface area contributed by atoms with E-state index in [1.54, 1.807) is 48.5 Å². The first-order valence-corrected chi connectivity index (χ1v) is 23.1. The number of halogens is 2. The molecule has 0 unspecified atom stereocenters. The summed E-state index contributed by atoms with van der Waals surface area (Å²) < 4.78 is 127. The van der Waals surface area contributed by atoms with Crippen LogP contribution in [0.3, 0.4) is 0 Å². The zero-order valence-corrected chi connectivity index (χ0v) is 32.0. The minimum absolute atomic E-state index is 0.0602. The first-order chi connectivity index (χ1) is 26.3. The standard InChI is InChI=1S/C32H18Cl2N8O10S4/c33-53(43,44)21-19-20(22(55(47,48)49)24(56(50,51)52)23(21)54(34,45)46)32-41-30-18-12-6-4-10-16(18)28(39-30)37-26-14-8-2-1-7-13(14)25(35-26)36-27-15-9-3-5-11-17(15)29(38-27)40-31(19)42-32/h1-12H,(H,47,48,49)(H,50,51,52)(H4,35,36,37,38,39,40,41,42). The highest BCUT2D eigenvalue weighted by atomic mass is 35.7. The van der Waals surface area contributed by atoms with Gasteiger partial charge >= 0.3 is 0 Å². The number of hydrogen-bond acceptors (Lipinski definition) is 12. The number of nitrogens with one attached hydrogen (secondary N) is 4. The van der Waals surface area contributed by atoms with Crippen LogP contribution in [0.4, 0.5) is 23.3 Å². The average Bonchev–Trinajstić information content (AvgIpc) is 3.84. The van der Waals surface area contributed by atoms with Crippen LogP contribution in [0.5, 0.6) is 0 Å². The molecule has 9 rings (SSSR count). The summed E-state index contributed by atoms with van der Waals surface area (Å²) in [7, 11) is -11.8. The molecule has 24 heteroatoms. The van der Waals surface area contributed by atoms with Crippen molar-refractivity contribution < 1.29 is 42.8 Å². The second-order valence-electron chi connectivity index (χ2n) is 12.3. The predicted octanol–water partition coefficient (Wildman–Crippen LogP) is 4.08. The Hall–Kier alpha value is -5.46. The third-order valence-electron chi connectivity index (χ3n) is 8.95. The molecule has 4 aromatic carbocycles. The van der Waals surface area contributed by atoms with E-state index in [2.05, 4.69) is 29.9 Å². The van der Waals surface area contributed by atoms with E-state index < -0.39 is 79.7 Å². The minimum Gasteiger partial charge on any atom is -0.324 e. The first kappa shape index (κ1) is 36.2. The Bertz CT molecular complexity index is 3590. The molecule has 8 aromatic rings. The van der Waals surface area contributed by atoms with Crippen molar-refractivity contribution in [3.8, 4) is 0 Å². The van der Waals surface area contributed by atoms with Gasteiger partial charge in [-0.15, -0.1) is 0 Å². The Morgan fingerprint density at radius 3 is 1.04 bits per heavy atom. The fourth-order valence-corrected chi connectivity index (χ4v) is 13.1. The van der Waals surface area contributed by atoms with Crippen LogP contribution in [-0.4, -0.2) is 62.7 Å². The molecule has 0 saturated heterocycles. The molecule has 0 atom stereocenters. The normalized spacial score (nSPS) is 13.8. The van der Waals surface area contributed by atoms with Crippen LogP contribution in [0, 0.1) is 0 Å². The number of benzene rings is 4. The van der Waals surface area contributed by atoms with Crippen LogP contribution >= 0.6 is 21.4 Å². The van der Waals surface area contributed by atoms with E-state index in [9.17, 15) is 42.8 Å². The van der Waals surface area contributed by atoms with Crippen molar-refractivity contribution in [2.75, 3.05) is 0 Å². The van der Waals surface area contributed by atoms with E-state index >= 15 is 0 Å². The number of aromatic amines is 4. The highest BCUT2D eigenvalue weighted by molar-refractivity contribution is 8.16. The molecule has 0 aliphatic carbocycles. The molecule has 284 valence electrons. The van der Waals surface area contributed by atoms with Crippen molar-refractivity contribution in [2.45, 2.75) is 19.6 Å². The van der Waals surface area contributed by atoms with E-state index in [0.29, 0.717) is 43.3 Å². The maximum absolute atomic E-state index is 13.4. The summed E-state index contributed by atoms with van der Waals surface area (Å²) in [4.78, 5) is 23.2. The lowest BCUT2D eigenvalue weighted by molar-refractivity contribution is 0.463. The number of hydrogen-bond donors (Lipinski definition) is 6. The number of H-pyrrole nitrogens is 4. The fourth-order valence-electron chi connectivity index (χ4n) is 6.86. The maximum atomic E-state index is 13.4. The van der Waals surface area contributed by atoms with Crippen molar-refractivity contribution in [2.24, 2.45) is 20.0 Å². The van der Waals surface area contributed by atoms with Crippen LogP contribution in [0.15, 0.2) is 112 Å². The molecule has 0 radical (unpaired) electrons. The van der Waals surface area contributed by atoms with Crippen molar-refractivity contribution in [1.29, 1.82) is 0 Å². The van der Waals surface area contributed by atoms with Crippen LogP contribution < -0.4 is 22.0 Å². The smallest absolute Gasteiger partial charge is 0.297 e. The zero-order chi connectivity index (χ0) is 39.7. The lowest BCUT2D eigenvalue weighted by Crippen LogP contribution is -2.19. The highest BCUT2D eigenvalue weighted by Gasteiger charge is 2.42. The summed E-state index contributed by atoms with van der Waals surface area (Å²) in [5, 5.41) is 1.00. The number of rotatable bonds is 4. The van der Waals surface area contributed by atoms with Gasteiger partial charge in [-0.2, -0.15) is 16.8 Å². The molecular formula is C32H18Cl2N8O10S4. The summed E-state index contributed by atoms with van der Waals surface area (Å²) in [6.07, 6.45) is 0. The molecule has 1 aliphatic rings. The Morgan fingerprint density at radius 2 is 0.696 bits per heavy atom. The lowest BCUT2D eigenvalue weighted by Gasteiger charge is -2.14. The van der Waals surface area contributed by atoms with Crippen LogP contribution in [0.25, 0.3) is 43.1 Å². The van der Waals surface area contributed by atoms with Gasteiger partial charge in [-0.05, 0) is 0 Å². The van der Waals surface area contributed by atoms with E-state index in [1.165, 1.54) is 0 Å². The Labute approximate surface area is 321 Å². The molecule has 8 bridgehead atoms. The molecule has 4 aromatic heterocycles. The van der Waals surface area contributed by atoms with E-state index in [0.717, 1.165) is 0 Å². The zero-order valence-electron chi connectivity index (χ0n) is 27.3. The van der Waals surface area contributed by atoms with E-state index in [1.807, 2.05) is 24.3 Å². The van der Waals surface area contributed by atoms with Gasteiger partial charge in [0.1, 0.15) is 64.8 Å². The molecular weight excluding hydrogens is 856 g/mol. The quantitative estimate of drug-likeness (QED) is 0.109. The Kier molecular flexibility index (Phi) is 7.77. The number of nitrogens with zero attached hydrogens (tertiary/aromatic N) is 4. The third kappa shape index (κ3) is 5.63. The topological polar surface area (TPSA) is 290 Å². The summed E-state index contributed by atoms with van der Waals surface area (Å²) in [5.74, 6) is 0.301. The molecule has 0 fully saturated rings. The van der Waals surface area contributed by atoms with Gasteiger partial charge < -0.3 is 19.9 Å². The lowest BCUT2D eigenvalue weighted by atomic mass is 10.2. The van der Waals surface area contributed by atoms with Gasteiger partial charge in [0.2, 0.25) is 0 Å². The van der Waals surface area contributed by atoms with Gasteiger partial charge in [-0.1, -0.05) is 72.8 Å². The van der Waals surface area contributed by atoms with Crippen molar-refractivity contribution in [3.05, 3.63) is 94.7 Å². The molecule has 18 nitrogen and oxygen atoms in total. The fraction of sp³-hybridized carbons (Fsp3) is 0. The SMILES string of the molecule is O=S(=O)(O)c1c(S(=O)(=O)Cl)c(S(=O)(=O)Cl)c2c3[nH]c(c2c1S(=O)(=O)O)=Nc1[nH]c(c2ccccc12)N=c1[nH]c(c2ccccc12)=Nc1[nH]c(c2ccccc12)N=3. The second kappa shape index (κ2) is 12.0. The predicted molar refractivity (Wildman–Crippen MR) is 202 cm³/mol. The van der Waals surface area contributed by atoms with E-state index in [-0.39, 0.29) is 23.3 Å². The van der Waals surface area contributed by atoms with Gasteiger partial charge in [0.25, 0.3) is 38.3 Å². The summed E-state index contributed by atoms with van der Waals surface area (Å²) in [6.45, 7) is 0. The number of aromatic nitrogens is 4. The maximum Gasteiger partial charge on any atom is 0.297 e. The molecule has 1 aliphatic heterocycles. The molecule has 0 spiro atoms. The largest absolute Gasteiger partial charge is 0.324 e. The van der Waals surface area contributed by atoms with Crippen molar-refractivity contribution >= 4 is 126 Å². The summed E-state index contributed by atoms with van der Waals surface area (Å²) >= 11 is 0. The van der Waals surface area contributed by atoms with Crippen molar-refractivity contribution in [1.82, 2.24) is 19.9 Å². The van der Waals surface area contributed by atoms with Gasteiger partial charge in [0.15, 0.2) is 0 Å². The molecule has 0 saturated carbocycles. The average molecular weight is 874 g/mol. The van der Waals surface area contributed by atoms with Crippen LogP contribution in [0.2, 0.25) is 0 Å². The highest BCUT2D eigenvalue weighted by Crippen LogP contribution is 2.43. The van der Waals surface area contributed by atoms with Gasteiger partial charge in [0, 0.05) is 53.7 Å². The Morgan fingerprint density at radius 1 is 0.393 bits per heavy atom. The van der Waals surface area contributed by atoms with E-state index in [4.69, 9.17) is 31.3 Å². The van der Waals surface area contributed by atoms with Crippen LogP contribution in [0.1, 0.15) is 0 Å². The summed E-state index contributed by atoms with van der Waals surface area (Å²) in [6, 6.07) is 20.6. The Balaban J connectivity index is 1.64. The monoisotopic (exact) mass is 872 g/mol. The van der Waals surface area contributed by atoms with Gasteiger partial charge in [0.05, 0.1) is 10.8 Å². The van der Waals surface area contributed by atoms with Crippen LogP contribution in [-0.2, 0) is 38.3 Å². The first-order valence-electron chi connectivity index (χ1n) is 15.6. The summed E-state index contributed by atoms with van der Waals surface area (Å²) in [5.41, 5.74) is -0.612. The van der Waals surface area contributed by atoms with Gasteiger partial charge in [-0.25, -0.2) is 36.8 Å². The molecule has 56 heavy (non-hydrogen) atoms. The second-order valence-corrected chi connectivity index (χ2v) is 20.0. The molecule has 0 amide bonds. The molecule has 6 N–H and O–H groups in total. The number of fused-ring (bicyclic) bond motifs is 20. The third-order valence-corrected chi connectivity index (χ3v) is 13.9. The van der Waals surface area contributed by atoms with Crippen molar-refractivity contribution in [3.63, 3.8) is 0 Å². The molecule has 5 heterocycles. The van der Waals surface area contributed by atoms with Gasteiger partial charge in [-0.3, -0.25) is 9.11 Å².